The summed E-state index contributed by atoms with van der Waals surface area (Å²) < 4.78 is 11.1. The van der Waals surface area contributed by atoms with Gasteiger partial charge in [-0.1, -0.05) is 0 Å². The number of piperidine rings is 1. The van der Waals surface area contributed by atoms with Crippen LogP contribution in [-0.2, 0) is 0 Å². The summed E-state index contributed by atoms with van der Waals surface area (Å²) in [5, 5.41) is 3.26. The number of rotatable bonds is 6. The number of likely N-dealkylation sites (tertiary alicyclic amines) is 1. The van der Waals surface area contributed by atoms with Crippen molar-refractivity contribution in [2.24, 2.45) is 0 Å². The van der Waals surface area contributed by atoms with Gasteiger partial charge in [-0.15, -0.1) is 12.4 Å². The Hall–Kier alpha value is -1.46. The molecule has 0 aliphatic carbocycles. The Morgan fingerprint density at radius 1 is 1.26 bits per heavy atom. The molecule has 1 aromatic carbocycles. The predicted molar refractivity (Wildman–Crippen MR) is 94.0 cm³/mol. The molecule has 0 spiro atoms. The van der Waals surface area contributed by atoms with E-state index >= 15 is 0 Å². The van der Waals surface area contributed by atoms with Gasteiger partial charge in [-0.2, -0.15) is 0 Å². The van der Waals surface area contributed by atoms with E-state index in [2.05, 4.69) is 5.32 Å². The highest BCUT2D eigenvalue weighted by Gasteiger charge is 2.24. The third-order valence-corrected chi connectivity index (χ3v) is 3.91. The predicted octanol–water partition coefficient (Wildman–Crippen LogP) is 2.73. The molecule has 0 radical (unpaired) electrons. The third kappa shape index (κ3) is 5.01. The van der Waals surface area contributed by atoms with E-state index in [1.807, 2.05) is 37.9 Å². The Kier molecular flexibility index (Phi) is 8.20. The lowest BCUT2D eigenvalue weighted by Gasteiger charge is -2.32. The van der Waals surface area contributed by atoms with Crippen molar-refractivity contribution in [1.29, 1.82) is 0 Å². The summed E-state index contributed by atoms with van der Waals surface area (Å²) in [4.78, 5) is 14.6. The van der Waals surface area contributed by atoms with Crippen molar-refractivity contribution in [1.82, 2.24) is 10.2 Å². The minimum absolute atomic E-state index is 0. The number of carbonyl (C=O) groups excluding carboxylic acids is 1. The van der Waals surface area contributed by atoms with Crippen molar-refractivity contribution in [3.63, 3.8) is 0 Å². The average Bonchev–Trinajstić information content (AvgIpc) is 2.56. The molecule has 6 heteroatoms. The SMILES string of the molecule is CCOc1ccc(C(=O)N2CCCC(NC)C2)cc1OCC.Cl. The van der Waals surface area contributed by atoms with E-state index in [0.29, 0.717) is 36.3 Å². The fourth-order valence-electron chi connectivity index (χ4n) is 2.76. The standard InChI is InChI=1S/C17H26N2O3.ClH/c1-4-21-15-9-8-13(11-16(15)22-5-2)17(20)19-10-6-7-14(12-19)18-3;/h8-9,11,14,18H,4-7,10,12H2,1-3H3;1H. The molecule has 5 nitrogen and oxygen atoms in total. The number of amides is 1. The minimum atomic E-state index is 0. The second kappa shape index (κ2) is 9.63. The number of hydrogen-bond donors (Lipinski definition) is 1. The number of ether oxygens (including phenoxy) is 2. The molecular formula is C17H27ClN2O3. The van der Waals surface area contributed by atoms with Gasteiger partial charge in [0.25, 0.3) is 5.91 Å². The highest BCUT2D eigenvalue weighted by Crippen LogP contribution is 2.29. The van der Waals surface area contributed by atoms with Gasteiger partial charge in [-0.25, -0.2) is 0 Å². The largest absolute Gasteiger partial charge is 0.490 e. The second-order valence-electron chi connectivity index (χ2n) is 5.41. The monoisotopic (exact) mass is 342 g/mol. The normalized spacial score (nSPS) is 17.3. The molecule has 1 aromatic rings. The quantitative estimate of drug-likeness (QED) is 0.863. The van der Waals surface area contributed by atoms with E-state index in [-0.39, 0.29) is 18.3 Å². The Morgan fingerprint density at radius 2 is 1.96 bits per heavy atom. The molecule has 0 aromatic heterocycles. The molecule has 1 aliphatic rings. The van der Waals surface area contributed by atoms with E-state index in [4.69, 9.17) is 9.47 Å². The zero-order valence-corrected chi connectivity index (χ0v) is 14.9. The molecule has 1 heterocycles. The van der Waals surface area contributed by atoms with Gasteiger partial charge >= 0.3 is 0 Å². The number of nitrogens with zero attached hydrogens (tertiary/aromatic N) is 1. The summed E-state index contributed by atoms with van der Waals surface area (Å²) in [6.45, 7) is 6.54. The molecular weight excluding hydrogens is 316 g/mol. The molecule has 130 valence electrons. The van der Waals surface area contributed by atoms with Crippen LogP contribution in [0.1, 0.15) is 37.0 Å². The van der Waals surface area contributed by atoms with Crippen LogP contribution in [0.2, 0.25) is 0 Å². The van der Waals surface area contributed by atoms with Crippen molar-refractivity contribution in [2.45, 2.75) is 32.7 Å². The molecule has 1 atom stereocenters. The number of nitrogens with one attached hydrogen (secondary N) is 1. The van der Waals surface area contributed by atoms with Gasteiger partial charge < -0.3 is 19.7 Å². The molecule has 2 rings (SSSR count). The Bertz CT molecular complexity index is 511. The number of hydrogen-bond acceptors (Lipinski definition) is 4. The molecule has 0 saturated carbocycles. The van der Waals surface area contributed by atoms with Crippen molar-refractivity contribution < 1.29 is 14.3 Å². The first-order valence-corrected chi connectivity index (χ1v) is 8.05. The number of halogens is 1. The Labute approximate surface area is 144 Å². The Balaban J connectivity index is 0.00000264. The van der Waals surface area contributed by atoms with Gasteiger partial charge in [0.15, 0.2) is 11.5 Å². The molecule has 1 unspecified atom stereocenters. The van der Waals surface area contributed by atoms with Gasteiger partial charge in [-0.3, -0.25) is 4.79 Å². The van der Waals surface area contributed by atoms with Gasteiger partial charge in [0.2, 0.25) is 0 Å². The summed E-state index contributed by atoms with van der Waals surface area (Å²) in [7, 11) is 1.95. The first-order chi connectivity index (χ1) is 10.7. The second-order valence-corrected chi connectivity index (χ2v) is 5.41. The topological polar surface area (TPSA) is 50.8 Å². The van der Waals surface area contributed by atoms with Crippen molar-refractivity contribution >= 4 is 18.3 Å². The van der Waals surface area contributed by atoms with Crippen LogP contribution in [0.4, 0.5) is 0 Å². The maximum atomic E-state index is 12.7. The van der Waals surface area contributed by atoms with Crippen LogP contribution >= 0.6 is 12.4 Å². The minimum Gasteiger partial charge on any atom is -0.490 e. The smallest absolute Gasteiger partial charge is 0.254 e. The first-order valence-electron chi connectivity index (χ1n) is 8.05. The van der Waals surface area contributed by atoms with Crippen LogP contribution in [0.15, 0.2) is 18.2 Å². The van der Waals surface area contributed by atoms with Gasteiger partial charge in [0.05, 0.1) is 13.2 Å². The lowest BCUT2D eigenvalue weighted by atomic mass is 10.0. The molecule has 1 amide bonds. The van der Waals surface area contributed by atoms with Crippen LogP contribution in [0.3, 0.4) is 0 Å². The number of benzene rings is 1. The van der Waals surface area contributed by atoms with E-state index in [0.717, 1.165) is 25.9 Å². The highest BCUT2D eigenvalue weighted by atomic mass is 35.5. The van der Waals surface area contributed by atoms with E-state index < -0.39 is 0 Å². The summed E-state index contributed by atoms with van der Waals surface area (Å²) in [5.41, 5.74) is 0.656. The average molecular weight is 343 g/mol. The summed E-state index contributed by atoms with van der Waals surface area (Å²) in [6.07, 6.45) is 2.15. The lowest BCUT2D eigenvalue weighted by molar-refractivity contribution is 0.0697. The maximum absolute atomic E-state index is 12.7. The fourth-order valence-corrected chi connectivity index (χ4v) is 2.76. The van der Waals surface area contributed by atoms with Crippen molar-refractivity contribution in [2.75, 3.05) is 33.4 Å². The van der Waals surface area contributed by atoms with Crippen LogP contribution in [0, 0.1) is 0 Å². The molecule has 1 saturated heterocycles. The zero-order chi connectivity index (χ0) is 15.9. The van der Waals surface area contributed by atoms with Gasteiger partial charge in [-0.05, 0) is 51.9 Å². The number of carbonyl (C=O) groups is 1. The first kappa shape index (κ1) is 19.6. The molecule has 1 N–H and O–H groups in total. The van der Waals surface area contributed by atoms with E-state index in [9.17, 15) is 4.79 Å². The molecule has 1 aliphatic heterocycles. The zero-order valence-electron chi connectivity index (χ0n) is 14.1. The van der Waals surface area contributed by atoms with Gasteiger partial charge in [0, 0.05) is 24.7 Å². The molecule has 23 heavy (non-hydrogen) atoms. The van der Waals surface area contributed by atoms with Crippen LogP contribution < -0.4 is 14.8 Å². The van der Waals surface area contributed by atoms with E-state index in [1.54, 1.807) is 6.07 Å². The van der Waals surface area contributed by atoms with Crippen LogP contribution in [0.25, 0.3) is 0 Å². The third-order valence-electron chi connectivity index (χ3n) is 3.91. The van der Waals surface area contributed by atoms with Gasteiger partial charge in [0.1, 0.15) is 0 Å². The molecule has 0 bridgehead atoms. The van der Waals surface area contributed by atoms with Crippen LogP contribution in [0.5, 0.6) is 11.5 Å². The summed E-state index contributed by atoms with van der Waals surface area (Å²) in [6, 6.07) is 5.81. The Morgan fingerprint density at radius 3 is 2.61 bits per heavy atom. The molecule has 1 fully saturated rings. The lowest BCUT2D eigenvalue weighted by Crippen LogP contribution is -2.46. The number of likely N-dealkylation sites (N-methyl/N-ethyl adjacent to an activating group) is 1. The van der Waals surface area contributed by atoms with E-state index in [1.165, 1.54) is 0 Å². The van der Waals surface area contributed by atoms with Crippen molar-refractivity contribution in [3.05, 3.63) is 23.8 Å². The fraction of sp³-hybridized carbons (Fsp3) is 0.588. The summed E-state index contributed by atoms with van der Waals surface area (Å²) >= 11 is 0. The maximum Gasteiger partial charge on any atom is 0.254 e. The summed E-state index contributed by atoms with van der Waals surface area (Å²) in [5.74, 6) is 1.38. The van der Waals surface area contributed by atoms with Crippen LogP contribution in [-0.4, -0.2) is 50.2 Å². The highest BCUT2D eigenvalue weighted by molar-refractivity contribution is 5.95. The van der Waals surface area contributed by atoms with Crippen molar-refractivity contribution in [3.8, 4) is 11.5 Å².